The van der Waals surface area contributed by atoms with E-state index in [0.717, 1.165) is 5.56 Å². The lowest BCUT2D eigenvalue weighted by Gasteiger charge is -2.32. The van der Waals surface area contributed by atoms with E-state index in [0.29, 0.717) is 12.1 Å². The Bertz CT molecular complexity index is 761. The molecule has 2 heterocycles. The van der Waals surface area contributed by atoms with E-state index < -0.39 is 23.5 Å². The number of nitrogens with zero attached hydrogens (tertiary/aromatic N) is 1. The SMILES string of the molecule is O=C(O)C1Cc2ccccc2N(C(=O)c2c[nH]c(=O)[nH]2)C1. The number of imidazole rings is 1. The maximum absolute atomic E-state index is 12.5. The Balaban J connectivity index is 2.02. The van der Waals surface area contributed by atoms with Crippen LogP contribution in [0.3, 0.4) is 0 Å². The number of H-pyrrole nitrogens is 2. The molecule has 0 radical (unpaired) electrons. The predicted octanol–water partition coefficient (Wildman–Crippen LogP) is 0.607. The molecular weight excluding hydrogens is 274 g/mol. The molecule has 1 aromatic heterocycles. The molecule has 21 heavy (non-hydrogen) atoms. The van der Waals surface area contributed by atoms with Crippen LogP contribution in [0.4, 0.5) is 5.69 Å². The summed E-state index contributed by atoms with van der Waals surface area (Å²) in [5.74, 6) is -2.02. The third kappa shape index (κ3) is 2.33. The average molecular weight is 287 g/mol. The fourth-order valence-electron chi connectivity index (χ4n) is 2.55. The van der Waals surface area contributed by atoms with Gasteiger partial charge in [-0.2, -0.15) is 0 Å². The molecule has 2 aromatic rings. The Labute approximate surface area is 119 Å². The monoisotopic (exact) mass is 287 g/mol. The first kappa shape index (κ1) is 13.2. The second-order valence-corrected chi connectivity index (χ2v) is 4.94. The Kier molecular flexibility index (Phi) is 3.09. The average Bonchev–Trinajstić information content (AvgIpc) is 2.92. The van der Waals surface area contributed by atoms with Crippen LogP contribution >= 0.6 is 0 Å². The van der Waals surface area contributed by atoms with Crippen molar-refractivity contribution >= 4 is 17.6 Å². The van der Waals surface area contributed by atoms with Crippen LogP contribution in [-0.2, 0) is 11.2 Å². The third-order valence-corrected chi connectivity index (χ3v) is 3.57. The predicted molar refractivity (Wildman–Crippen MR) is 74.4 cm³/mol. The molecule has 7 nitrogen and oxygen atoms in total. The number of nitrogens with one attached hydrogen (secondary N) is 2. The largest absolute Gasteiger partial charge is 0.481 e. The van der Waals surface area contributed by atoms with E-state index in [1.165, 1.54) is 11.1 Å². The Morgan fingerprint density at radius 1 is 1.29 bits per heavy atom. The van der Waals surface area contributed by atoms with Gasteiger partial charge in [0.15, 0.2) is 0 Å². The zero-order chi connectivity index (χ0) is 15.0. The molecule has 0 saturated heterocycles. The molecule has 7 heteroatoms. The fraction of sp³-hybridized carbons (Fsp3) is 0.214. The third-order valence-electron chi connectivity index (χ3n) is 3.57. The summed E-state index contributed by atoms with van der Waals surface area (Å²) in [7, 11) is 0. The standard InChI is InChI=1S/C14H13N3O4/c18-12(10-6-15-14(21)16-10)17-7-9(13(19)20)5-8-3-1-2-4-11(8)17/h1-4,6,9H,5,7H2,(H,19,20)(H2,15,16,21). The molecule has 1 aliphatic heterocycles. The molecule has 1 amide bonds. The molecule has 1 unspecified atom stereocenters. The molecule has 1 aromatic carbocycles. The van der Waals surface area contributed by atoms with Crippen LogP contribution in [0, 0.1) is 5.92 Å². The summed E-state index contributed by atoms with van der Waals surface area (Å²) >= 11 is 0. The molecule has 0 saturated carbocycles. The smallest absolute Gasteiger partial charge is 0.323 e. The molecule has 0 bridgehead atoms. The molecule has 0 spiro atoms. The number of carbonyl (C=O) groups is 2. The Hall–Kier alpha value is -2.83. The molecule has 3 N–H and O–H groups in total. The fourth-order valence-corrected chi connectivity index (χ4v) is 2.55. The molecule has 3 rings (SSSR count). The van der Waals surface area contributed by atoms with Gasteiger partial charge in [0.05, 0.1) is 5.92 Å². The van der Waals surface area contributed by atoms with Gasteiger partial charge >= 0.3 is 11.7 Å². The first-order valence-electron chi connectivity index (χ1n) is 6.46. The van der Waals surface area contributed by atoms with E-state index in [-0.39, 0.29) is 12.2 Å². The van der Waals surface area contributed by atoms with Crippen LogP contribution in [0.1, 0.15) is 16.1 Å². The molecule has 0 fully saturated rings. The summed E-state index contributed by atoms with van der Waals surface area (Å²) in [6.45, 7) is 0.0817. The van der Waals surface area contributed by atoms with Crippen LogP contribution in [0.2, 0.25) is 0 Å². The highest BCUT2D eigenvalue weighted by molar-refractivity contribution is 6.05. The maximum Gasteiger partial charge on any atom is 0.323 e. The first-order chi connectivity index (χ1) is 10.1. The lowest BCUT2D eigenvalue weighted by atomic mass is 9.92. The molecule has 1 atom stereocenters. The Morgan fingerprint density at radius 3 is 2.71 bits per heavy atom. The maximum atomic E-state index is 12.5. The van der Waals surface area contributed by atoms with Crippen molar-refractivity contribution < 1.29 is 14.7 Å². The van der Waals surface area contributed by atoms with E-state index in [1.807, 2.05) is 12.1 Å². The van der Waals surface area contributed by atoms with Crippen molar-refractivity contribution in [3.05, 3.63) is 52.2 Å². The number of aliphatic carboxylic acids is 1. The number of para-hydroxylation sites is 1. The minimum atomic E-state index is -0.940. The summed E-state index contributed by atoms with van der Waals surface area (Å²) in [6, 6.07) is 7.19. The van der Waals surface area contributed by atoms with Crippen molar-refractivity contribution in [3.63, 3.8) is 0 Å². The van der Waals surface area contributed by atoms with Crippen molar-refractivity contribution in [1.29, 1.82) is 0 Å². The van der Waals surface area contributed by atoms with E-state index in [2.05, 4.69) is 9.97 Å². The Morgan fingerprint density at radius 2 is 2.05 bits per heavy atom. The number of amides is 1. The number of hydrogen-bond acceptors (Lipinski definition) is 3. The van der Waals surface area contributed by atoms with Crippen LogP contribution in [0.5, 0.6) is 0 Å². The van der Waals surface area contributed by atoms with Crippen LogP contribution in [0.15, 0.2) is 35.3 Å². The highest BCUT2D eigenvalue weighted by Gasteiger charge is 2.32. The van der Waals surface area contributed by atoms with Gasteiger partial charge in [-0.1, -0.05) is 18.2 Å². The van der Waals surface area contributed by atoms with Crippen molar-refractivity contribution in [2.45, 2.75) is 6.42 Å². The van der Waals surface area contributed by atoms with Gasteiger partial charge in [0.25, 0.3) is 5.91 Å². The number of rotatable bonds is 2. The highest BCUT2D eigenvalue weighted by atomic mass is 16.4. The van der Waals surface area contributed by atoms with Gasteiger partial charge in [0, 0.05) is 18.4 Å². The topological polar surface area (TPSA) is 106 Å². The molecular formula is C14H13N3O4. The van der Waals surface area contributed by atoms with Crippen LogP contribution in [-0.4, -0.2) is 33.5 Å². The minimum absolute atomic E-state index is 0.0817. The van der Waals surface area contributed by atoms with Gasteiger partial charge in [-0.15, -0.1) is 0 Å². The van der Waals surface area contributed by atoms with Crippen molar-refractivity contribution in [2.75, 3.05) is 11.4 Å². The molecule has 1 aliphatic rings. The number of fused-ring (bicyclic) bond motifs is 1. The minimum Gasteiger partial charge on any atom is -0.481 e. The number of aromatic amines is 2. The van der Waals surface area contributed by atoms with E-state index in [9.17, 15) is 19.5 Å². The summed E-state index contributed by atoms with van der Waals surface area (Å²) in [5, 5.41) is 9.24. The van der Waals surface area contributed by atoms with Crippen molar-refractivity contribution in [2.24, 2.45) is 5.92 Å². The number of benzene rings is 1. The number of carboxylic acid groups (broad SMARTS) is 1. The van der Waals surface area contributed by atoms with Gasteiger partial charge < -0.3 is 20.0 Å². The van der Waals surface area contributed by atoms with Crippen LogP contribution in [0.25, 0.3) is 0 Å². The molecule has 108 valence electrons. The normalized spacial score (nSPS) is 17.3. The zero-order valence-corrected chi connectivity index (χ0v) is 11.0. The lowest BCUT2D eigenvalue weighted by Crippen LogP contribution is -2.42. The van der Waals surface area contributed by atoms with Gasteiger partial charge in [-0.25, -0.2) is 4.79 Å². The summed E-state index contributed by atoms with van der Waals surface area (Å²) in [5.41, 5.74) is 1.13. The quantitative estimate of drug-likeness (QED) is 0.752. The number of aromatic nitrogens is 2. The van der Waals surface area contributed by atoms with E-state index in [4.69, 9.17) is 0 Å². The van der Waals surface area contributed by atoms with E-state index in [1.54, 1.807) is 12.1 Å². The summed E-state index contributed by atoms with van der Waals surface area (Å²) in [4.78, 5) is 41.0. The van der Waals surface area contributed by atoms with E-state index >= 15 is 0 Å². The second-order valence-electron chi connectivity index (χ2n) is 4.94. The first-order valence-corrected chi connectivity index (χ1v) is 6.46. The zero-order valence-electron chi connectivity index (χ0n) is 11.0. The van der Waals surface area contributed by atoms with Crippen molar-refractivity contribution in [3.8, 4) is 0 Å². The van der Waals surface area contributed by atoms with Crippen molar-refractivity contribution in [1.82, 2.24) is 9.97 Å². The molecule has 0 aliphatic carbocycles. The summed E-state index contributed by atoms with van der Waals surface area (Å²) in [6.07, 6.45) is 1.68. The highest BCUT2D eigenvalue weighted by Crippen LogP contribution is 2.30. The number of carbonyl (C=O) groups excluding carboxylic acids is 1. The van der Waals surface area contributed by atoms with Gasteiger partial charge in [0.1, 0.15) is 5.69 Å². The van der Waals surface area contributed by atoms with Gasteiger partial charge in [-0.05, 0) is 18.1 Å². The van der Waals surface area contributed by atoms with Gasteiger partial charge in [0.2, 0.25) is 0 Å². The summed E-state index contributed by atoms with van der Waals surface area (Å²) < 4.78 is 0. The lowest BCUT2D eigenvalue weighted by molar-refractivity contribution is -0.141. The van der Waals surface area contributed by atoms with Gasteiger partial charge in [-0.3, -0.25) is 9.59 Å². The second kappa shape index (κ2) is 4.93. The van der Waals surface area contributed by atoms with Crippen LogP contribution < -0.4 is 10.6 Å². The number of anilines is 1. The number of carboxylic acids is 1. The number of hydrogen-bond donors (Lipinski definition) is 3.